The number of hydrogen-bond acceptors (Lipinski definition) is 4. The molecule has 0 atom stereocenters. The average molecular weight is 313 g/mol. The van der Waals surface area contributed by atoms with Crippen LogP contribution in [0.5, 0.6) is 0 Å². The summed E-state index contributed by atoms with van der Waals surface area (Å²) >= 11 is 3.55. The van der Waals surface area contributed by atoms with E-state index >= 15 is 0 Å². The van der Waals surface area contributed by atoms with Gasteiger partial charge in [-0.1, -0.05) is 26.8 Å². The molecule has 1 amide bonds. The molecule has 0 spiro atoms. The van der Waals surface area contributed by atoms with Crippen LogP contribution in [0.2, 0.25) is 0 Å². The summed E-state index contributed by atoms with van der Waals surface area (Å²) in [6.07, 6.45) is 0. The summed E-state index contributed by atoms with van der Waals surface area (Å²) in [6, 6.07) is 4.28. The van der Waals surface area contributed by atoms with Crippen LogP contribution in [0.25, 0.3) is 0 Å². The molecule has 1 aliphatic rings. The quantitative estimate of drug-likeness (QED) is 0.854. The van der Waals surface area contributed by atoms with Gasteiger partial charge < -0.3 is 4.90 Å². The highest BCUT2D eigenvalue weighted by atomic mass is 32.2. The Labute approximate surface area is 130 Å². The lowest BCUT2D eigenvalue weighted by molar-refractivity contribution is -0.130. The Morgan fingerprint density at radius 3 is 2.55 bits per heavy atom. The predicted molar refractivity (Wildman–Crippen MR) is 88.4 cm³/mol. The second kappa shape index (κ2) is 6.96. The average Bonchev–Trinajstić information content (AvgIpc) is 2.89. The number of piperazine rings is 1. The summed E-state index contributed by atoms with van der Waals surface area (Å²) in [6.45, 7) is 11.2. The standard InChI is InChI=1S/C15H24N2OS2/c1-15(2,3)20-12-14(18)17-8-6-16(7-9-17)11-13-5-4-10-19-13/h4-5,10H,6-9,11-12H2,1-3H3. The summed E-state index contributed by atoms with van der Waals surface area (Å²) in [7, 11) is 0. The fourth-order valence-corrected chi connectivity index (χ4v) is 3.63. The number of thiophene rings is 1. The first-order valence-corrected chi connectivity index (χ1v) is 8.97. The molecule has 112 valence electrons. The van der Waals surface area contributed by atoms with Gasteiger partial charge in [0.25, 0.3) is 0 Å². The highest BCUT2D eigenvalue weighted by Crippen LogP contribution is 2.23. The van der Waals surface area contributed by atoms with Gasteiger partial charge >= 0.3 is 0 Å². The number of amides is 1. The van der Waals surface area contributed by atoms with Gasteiger partial charge in [-0.2, -0.15) is 0 Å². The third kappa shape index (κ3) is 5.11. The maximum Gasteiger partial charge on any atom is 0.232 e. The van der Waals surface area contributed by atoms with Crippen LogP contribution >= 0.6 is 23.1 Å². The first-order valence-electron chi connectivity index (χ1n) is 7.10. The molecule has 0 radical (unpaired) electrons. The number of carbonyl (C=O) groups is 1. The highest BCUT2D eigenvalue weighted by molar-refractivity contribution is 8.01. The van der Waals surface area contributed by atoms with Crippen molar-refractivity contribution in [1.29, 1.82) is 0 Å². The first kappa shape index (κ1) is 15.9. The van der Waals surface area contributed by atoms with Crippen LogP contribution in [-0.2, 0) is 11.3 Å². The van der Waals surface area contributed by atoms with Crippen molar-refractivity contribution in [2.24, 2.45) is 0 Å². The van der Waals surface area contributed by atoms with Gasteiger partial charge in [0.1, 0.15) is 0 Å². The summed E-state index contributed by atoms with van der Waals surface area (Å²) in [5, 5.41) is 2.12. The molecule has 20 heavy (non-hydrogen) atoms. The largest absolute Gasteiger partial charge is 0.339 e. The topological polar surface area (TPSA) is 23.6 Å². The molecular weight excluding hydrogens is 288 g/mol. The van der Waals surface area contributed by atoms with E-state index in [4.69, 9.17) is 0 Å². The van der Waals surface area contributed by atoms with Gasteiger partial charge in [-0.05, 0) is 11.4 Å². The van der Waals surface area contributed by atoms with E-state index in [9.17, 15) is 4.79 Å². The lowest BCUT2D eigenvalue weighted by atomic mass is 10.3. The van der Waals surface area contributed by atoms with E-state index in [1.54, 1.807) is 11.8 Å². The van der Waals surface area contributed by atoms with E-state index < -0.39 is 0 Å². The molecule has 5 heteroatoms. The SMILES string of the molecule is CC(C)(C)SCC(=O)N1CCN(Cc2cccs2)CC1. The molecule has 3 nitrogen and oxygen atoms in total. The van der Waals surface area contributed by atoms with E-state index in [1.807, 2.05) is 16.2 Å². The summed E-state index contributed by atoms with van der Waals surface area (Å²) in [5.74, 6) is 0.898. The van der Waals surface area contributed by atoms with Crippen molar-refractivity contribution in [1.82, 2.24) is 9.80 Å². The minimum absolute atomic E-state index is 0.163. The Morgan fingerprint density at radius 2 is 2.00 bits per heavy atom. The molecule has 1 aromatic rings. The number of carbonyl (C=O) groups excluding carboxylic acids is 1. The van der Waals surface area contributed by atoms with Crippen LogP contribution in [0.3, 0.4) is 0 Å². The summed E-state index contributed by atoms with van der Waals surface area (Å²) in [5.41, 5.74) is 0. The van der Waals surface area contributed by atoms with Gasteiger partial charge in [0.05, 0.1) is 5.75 Å². The van der Waals surface area contributed by atoms with Gasteiger partial charge in [-0.3, -0.25) is 9.69 Å². The minimum atomic E-state index is 0.163. The van der Waals surface area contributed by atoms with E-state index in [1.165, 1.54) is 4.88 Å². The number of thioether (sulfide) groups is 1. The van der Waals surface area contributed by atoms with Crippen molar-refractivity contribution >= 4 is 29.0 Å². The van der Waals surface area contributed by atoms with Crippen molar-refractivity contribution in [2.45, 2.75) is 32.1 Å². The Morgan fingerprint density at radius 1 is 1.30 bits per heavy atom. The van der Waals surface area contributed by atoms with E-state index in [-0.39, 0.29) is 4.75 Å². The van der Waals surface area contributed by atoms with Crippen molar-refractivity contribution < 1.29 is 4.79 Å². The maximum absolute atomic E-state index is 12.2. The molecular formula is C15H24N2OS2. The molecule has 2 rings (SSSR count). The molecule has 0 aliphatic carbocycles. The molecule has 0 saturated carbocycles. The Kier molecular flexibility index (Phi) is 5.52. The Hall–Kier alpha value is -0.520. The van der Waals surface area contributed by atoms with Crippen LogP contribution in [0.4, 0.5) is 0 Å². The fraction of sp³-hybridized carbons (Fsp3) is 0.667. The van der Waals surface area contributed by atoms with Crippen LogP contribution in [0.15, 0.2) is 17.5 Å². The van der Waals surface area contributed by atoms with Crippen molar-refractivity contribution in [2.75, 3.05) is 31.9 Å². The van der Waals surface area contributed by atoms with E-state index in [2.05, 4.69) is 43.2 Å². The van der Waals surface area contributed by atoms with E-state index in [0.29, 0.717) is 11.7 Å². The lowest BCUT2D eigenvalue weighted by Crippen LogP contribution is -2.48. The second-order valence-electron chi connectivity index (χ2n) is 6.14. The molecule has 2 heterocycles. The normalized spacial score (nSPS) is 17.4. The fourth-order valence-electron chi connectivity index (χ4n) is 2.15. The molecule has 0 bridgehead atoms. The molecule has 0 aromatic carbocycles. The molecule has 1 fully saturated rings. The van der Waals surface area contributed by atoms with Crippen molar-refractivity contribution in [3.63, 3.8) is 0 Å². The minimum Gasteiger partial charge on any atom is -0.339 e. The monoisotopic (exact) mass is 312 g/mol. The van der Waals surface area contributed by atoms with E-state index in [0.717, 1.165) is 32.7 Å². The number of rotatable bonds is 4. The maximum atomic E-state index is 12.2. The van der Waals surface area contributed by atoms with Gasteiger partial charge in [0.2, 0.25) is 5.91 Å². The van der Waals surface area contributed by atoms with Gasteiger partial charge in [-0.25, -0.2) is 0 Å². The predicted octanol–water partition coefficient (Wildman–Crippen LogP) is 2.92. The van der Waals surface area contributed by atoms with Crippen LogP contribution in [0, 0.1) is 0 Å². The van der Waals surface area contributed by atoms with Gasteiger partial charge in [0.15, 0.2) is 0 Å². The Bertz CT molecular complexity index is 418. The third-order valence-corrected chi connectivity index (χ3v) is 5.43. The zero-order valence-corrected chi connectivity index (χ0v) is 14.2. The molecule has 0 unspecified atom stereocenters. The molecule has 1 saturated heterocycles. The number of hydrogen-bond donors (Lipinski definition) is 0. The second-order valence-corrected chi connectivity index (χ2v) is 8.97. The summed E-state index contributed by atoms with van der Waals surface area (Å²) < 4.78 is 0.163. The van der Waals surface area contributed by atoms with Crippen LogP contribution in [0.1, 0.15) is 25.6 Å². The highest BCUT2D eigenvalue weighted by Gasteiger charge is 2.22. The molecule has 1 aromatic heterocycles. The van der Waals surface area contributed by atoms with Gasteiger partial charge in [-0.15, -0.1) is 23.1 Å². The smallest absolute Gasteiger partial charge is 0.232 e. The van der Waals surface area contributed by atoms with Crippen LogP contribution < -0.4 is 0 Å². The zero-order valence-electron chi connectivity index (χ0n) is 12.6. The third-order valence-electron chi connectivity index (χ3n) is 3.31. The number of nitrogens with zero attached hydrogens (tertiary/aromatic N) is 2. The van der Waals surface area contributed by atoms with Crippen molar-refractivity contribution in [3.05, 3.63) is 22.4 Å². The molecule has 0 N–H and O–H groups in total. The lowest BCUT2D eigenvalue weighted by Gasteiger charge is -2.35. The summed E-state index contributed by atoms with van der Waals surface area (Å²) in [4.78, 5) is 18.0. The Balaban J connectivity index is 1.72. The van der Waals surface area contributed by atoms with Gasteiger partial charge in [0, 0.05) is 42.3 Å². The molecule has 1 aliphatic heterocycles. The zero-order chi connectivity index (χ0) is 14.6. The van der Waals surface area contributed by atoms with Crippen LogP contribution in [-0.4, -0.2) is 52.4 Å². The van der Waals surface area contributed by atoms with Crippen molar-refractivity contribution in [3.8, 4) is 0 Å². The first-order chi connectivity index (χ1) is 9.44.